The molecule has 1 aliphatic heterocycles. The highest BCUT2D eigenvalue weighted by atomic mass is 79.9. The van der Waals surface area contributed by atoms with E-state index in [1.165, 1.54) is 23.5 Å². The highest BCUT2D eigenvalue weighted by Gasteiger charge is 2.48. The number of alkyl halides is 3. The van der Waals surface area contributed by atoms with Crippen LogP contribution < -0.4 is 10.6 Å². The van der Waals surface area contributed by atoms with E-state index in [1.807, 2.05) is 0 Å². The molecule has 3 aromatic rings. The first kappa shape index (κ1) is 21.1. The van der Waals surface area contributed by atoms with E-state index in [1.54, 1.807) is 17.5 Å². The zero-order chi connectivity index (χ0) is 21.6. The van der Waals surface area contributed by atoms with Gasteiger partial charge in [-0.3, -0.25) is 4.79 Å². The number of fused-ring (bicyclic) bond motifs is 1. The Bertz CT molecular complexity index is 1100. The lowest BCUT2D eigenvalue weighted by molar-refractivity contribution is -0.173. The number of hydrogen-bond acceptors (Lipinski definition) is 4. The Hall–Kier alpha value is -2.11. The van der Waals surface area contributed by atoms with E-state index in [-0.39, 0.29) is 33.1 Å². The highest BCUT2D eigenvalue weighted by Crippen LogP contribution is 2.46. The molecule has 0 aliphatic carbocycles. The van der Waals surface area contributed by atoms with Crippen LogP contribution in [0.3, 0.4) is 0 Å². The molecule has 2 aromatic heterocycles. The van der Waals surface area contributed by atoms with Gasteiger partial charge in [0.15, 0.2) is 11.7 Å². The van der Waals surface area contributed by atoms with Crippen LogP contribution in [0, 0.1) is 5.82 Å². The molecule has 0 fully saturated rings. The Balaban J connectivity index is 1.69. The van der Waals surface area contributed by atoms with Crippen LogP contribution in [-0.4, -0.2) is 21.9 Å². The quantitative estimate of drug-likeness (QED) is 0.390. The number of carbonyl (C=O) groups is 1. The van der Waals surface area contributed by atoms with E-state index in [9.17, 15) is 22.4 Å². The van der Waals surface area contributed by atoms with Crippen LogP contribution in [0.2, 0.25) is 5.02 Å². The molecule has 12 heteroatoms. The smallest absolute Gasteiger partial charge is 0.362 e. The summed E-state index contributed by atoms with van der Waals surface area (Å²) in [5.74, 6) is -1.36. The average Bonchev–Trinajstić information content (AvgIpc) is 3.32. The van der Waals surface area contributed by atoms with Gasteiger partial charge < -0.3 is 10.6 Å². The van der Waals surface area contributed by atoms with Gasteiger partial charge in [0, 0.05) is 17.0 Å². The fraction of sp³-hybridized carbons (Fsp3) is 0.222. The second-order valence-corrected chi connectivity index (χ2v) is 8.72. The van der Waals surface area contributed by atoms with Gasteiger partial charge in [0.2, 0.25) is 0 Å². The van der Waals surface area contributed by atoms with Gasteiger partial charge in [-0.05, 0) is 45.6 Å². The number of benzene rings is 1. The Kier molecular flexibility index (Phi) is 5.54. The molecule has 1 aromatic carbocycles. The summed E-state index contributed by atoms with van der Waals surface area (Å²) in [5, 5.41) is 11.0. The molecule has 1 aliphatic rings. The number of rotatable bonds is 3. The summed E-state index contributed by atoms with van der Waals surface area (Å²) >= 11 is 10.3. The maximum atomic E-state index is 13.8. The van der Waals surface area contributed by atoms with Crippen molar-refractivity contribution in [3.63, 3.8) is 0 Å². The zero-order valence-electron chi connectivity index (χ0n) is 14.8. The van der Waals surface area contributed by atoms with Crippen molar-refractivity contribution in [3.8, 4) is 0 Å². The fourth-order valence-corrected chi connectivity index (χ4v) is 4.70. The first-order chi connectivity index (χ1) is 14.1. The number of anilines is 2. The molecule has 0 saturated heterocycles. The minimum absolute atomic E-state index is 0.0595. The molecular weight excluding hydrogens is 512 g/mol. The largest absolute Gasteiger partial charge is 0.410 e. The van der Waals surface area contributed by atoms with Gasteiger partial charge in [-0.15, -0.1) is 11.3 Å². The molecule has 1 amide bonds. The average molecular weight is 524 g/mol. The van der Waals surface area contributed by atoms with Crippen molar-refractivity contribution in [2.45, 2.75) is 24.7 Å². The number of thiophene rings is 1. The van der Waals surface area contributed by atoms with Crippen molar-refractivity contribution in [1.29, 1.82) is 0 Å². The molecule has 5 nitrogen and oxygen atoms in total. The molecule has 2 atom stereocenters. The number of nitrogens with one attached hydrogen (secondary N) is 2. The monoisotopic (exact) mass is 522 g/mol. The maximum absolute atomic E-state index is 13.8. The number of hydrogen-bond donors (Lipinski definition) is 2. The van der Waals surface area contributed by atoms with Gasteiger partial charge in [-0.2, -0.15) is 18.3 Å². The van der Waals surface area contributed by atoms with Crippen molar-refractivity contribution in [3.05, 3.63) is 61.6 Å². The first-order valence-electron chi connectivity index (χ1n) is 8.56. The fourth-order valence-electron chi connectivity index (χ4n) is 3.17. The van der Waals surface area contributed by atoms with Gasteiger partial charge >= 0.3 is 6.18 Å². The standard InChI is InChI=1S/C18H12BrClF4N4OS/c19-14-15(17(29)25-8-3-4-10(21)9(20)6-8)27-28-13(18(22,23)24)7-11(26-16(14)28)12-2-1-5-30-12/h1-6,11,13,26H,7H2,(H,25,29)/t11-,13+/m0/s1. The lowest BCUT2D eigenvalue weighted by atomic mass is 10.0. The number of aromatic nitrogens is 2. The number of amides is 1. The van der Waals surface area contributed by atoms with Crippen molar-refractivity contribution < 1.29 is 22.4 Å². The van der Waals surface area contributed by atoms with Gasteiger partial charge in [-0.1, -0.05) is 17.7 Å². The Labute approximate surface area is 185 Å². The summed E-state index contributed by atoms with van der Waals surface area (Å²) in [6.45, 7) is 0. The normalized spacial score (nSPS) is 18.6. The lowest BCUT2D eigenvalue weighted by Crippen LogP contribution is -2.35. The highest BCUT2D eigenvalue weighted by molar-refractivity contribution is 9.10. The summed E-state index contributed by atoms with van der Waals surface area (Å²) in [5.41, 5.74) is -0.0555. The summed E-state index contributed by atoms with van der Waals surface area (Å²) in [7, 11) is 0. The minimum Gasteiger partial charge on any atom is -0.362 e. The molecule has 0 radical (unpaired) electrons. The summed E-state index contributed by atoms with van der Waals surface area (Å²) in [6.07, 6.45) is -4.82. The maximum Gasteiger partial charge on any atom is 0.410 e. The first-order valence-corrected chi connectivity index (χ1v) is 10.6. The van der Waals surface area contributed by atoms with Crippen LogP contribution in [0.25, 0.3) is 0 Å². The number of nitrogens with zero attached hydrogens (tertiary/aromatic N) is 2. The van der Waals surface area contributed by atoms with Crippen LogP contribution in [0.1, 0.15) is 33.9 Å². The molecule has 0 unspecified atom stereocenters. The topological polar surface area (TPSA) is 59.0 Å². The van der Waals surface area contributed by atoms with E-state index < -0.39 is 30.0 Å². The lowest BCUT2D eigenvalue weighted by Gasteiger charge is -2.33. The van der Waals surface area contributed by atoms with Crippen LogP contribution in [-0.2, 0) is 0 Å². The molecular formula is C18H12BrClF4N4OS. The summed E-state index contributed by atoms with van der Waals surface area (Å²) in [4.78, 5) is 13.4. The van der Waals surface area contributed by atoms with E-state index in [4.69, 9.17) is 11.6 Å². The van der Waals surface area contributed by atoms with Gasteiger partial charge in [0.05, 0.1) is 15.5 Å². The molecule has 0 spiro atoms. The van der Waals surface area contributed by atoms with Crippen LogP contribution in [0.4, 0.5) is 29.1 Å². The van der Waals surface area contributed by atoms with Gasteiger partial charge in [-0.25, -0.2) is 9.07 Å². The summed E-state index contributed by atoms with van der Waals surface area (Å²) in [6, 6.07) is 4.58. The molecule has 30 heavy (non-hydrogen) atoms. The van der Waals surface area contributed by atoms with Crippen molar-refractivity contribution in [2.75, 3.05) is 10.6 Å². The second kappa shape index (κ2) is 7.86. The Morgan fingerprint density at radius 1 is 1.37 bits per heavy atom. The molecule has 4 rings (SSSR count). The zero-order valence-corrected chi connectivity index (χ0v) is 18.0. The van der Waals surface area contributed by atoms with Crippen LogP contribution in [0.5, 0.6) is 0 Å². The van der Waals surface area contributed by atoms with Crippen molar-refractivity contribution >= 4 is 56.3 Å². The van der Waals surface area contributed by atoms with E-state index in [0.717, 1.165) is 15.6 Å². The molecule has 2 N–H and O–H groups in total. The van der Waals surface area contributed by atoms with E-state index in [2.05, 4.69) is 31.7 Å². The van der Waals surface area contributed by atoms with Crippen LogP contribution >= 0.6 is 38.9 Å². The molecule has 158 valence electrons. The van der Waals surface area contributed by atoms with Crippen molar-refractivity contribution in [1.82, 2.24) is 9.78 Å². The third-order valence-corrected chi connectivity index (χ3v) is 6.60. The predicted molar refractivity (Wildman–Crippen MR) is 110 cm³/mol. The Morgan fingerprint density at radius 3 is 2.77 bits per heavy atom. The Morgan fingerprint density at radius 2 is 2.13 bits per heavy atom. The second-order valence-electron chi connectivity index (χ2n) is 6.54. The summed E-state index contributed by atoms with van der Waals surface area (Å²) < 4.78 is 55.4. The van der Waals surface area contributed by atoms with E-state index in [0.29, 0.717) is 0 Å². The molecule has 0 saturated carbocycles. The number of halogens is 6. The van der Waals surface area contributed by atoms with Crippen LogP contribution in [0.15, 0.2) is 40.2 Å². The minimum atomic E-state index is -4.56. The van der Waals surface area contributed by atoms with Gasteiger partial charge in [0.1, 0.15) is 11.6 Å². The molecule has 3 heterocycles. The van der Waals surface area contributed by atoms with Crippen molar-refractivity contribution in [2.24, 2.45) is 0 Å². The SMILES string of the molecule is O=C(Nc1ccc(F)c(Cl)c1)c1nn2c(c1Br)N[C@H](c1cccs1)C[C@@H]2C(F)(F)F. The molecule has 0 bridgehead atoms. The predicted octanol–water partition coefficient (Wildman–Crippen LogP) is 6.41. The third kappa shape index (κ3) is 3.93. The van der Waals surface area contributed by atoms with E-state index >= 15 is 0 Å². The third-order valence-electron chi connectivity index (χ3n) is 4.57. The number of carbonyl (C=O) groups excluding carboxylic acids is 1. The van der Waals surface area contributed by atoms with Gasteiger partial charge in [0.25, 0.3) is 5.91 Å².